The molecule has 2 aliphatic heterocycles. The lowest BCUT2D eigenvalue weighted by Gasteiger charge is -2.28. The lowest BCUT2D eigenvalue weighted by molar-refractivity contribution is -0.115. The Labute approximate surface area is 164 Å². The Morgan fingerprint density at radius 2 is 2.14 bits per heavy atom. The van der Waals surface area contributed by atoms with Gasteiger partial charge in [-0.2, -0.15) is 0 Å². The van der Waals surface area contributed by atoms with Crippen LogP contribution < -0.4 is 15.5 Å². The number of benzene rings is 1. The van der Waals surface area contributed by atoms with Crippen molar-refractivity contribution in [3.63, 3.8) is 0 Å². The number of anilines is 1. The predicted octanol–water partition coefficient (Wildman–Crippen LogP) is 1.70. The standard InChI is InChI=1S/C18H18ClFN6O2/c1-22-8-12-15(21)14(19)13(18(27)24-12)17-23-11-7-9(6-10(20)16(11)25-17)26-2-4-28-5-3-26/h6-8,21-22H,2-5H2,1H3,(H,23,25)(H,24,27)/b12-8+,21-15?. The van der Waals surface area contributed by atoms with Crippen molar-refractivity contribution in [3.8, 4) is 0 Å². The summed E-state index contributed by atoms with van der Waals surface area (Å²) in [6.07, 6.45) is 1.46. The van der Waals surface area contributed by atoms with Crippen molar-refractivity contribution in [2.45, 2.75) is 0 Å². The second-order valence-corrected chi connectivity index (χ2v) is 6.75. The van der Waals surface area contributed by atoms with Crippen LogP contribution in [0.4, 0.5) is 10.1 Å². The molecule has 2 aromatic rings. The fourth-order valence-corrected chi connectivity index (χ4v) is 3.51. The largest absolute Gasteiger partial charge is 0.392 e. The molecule has 3 heterocycles. The third-order valence-electron chi connectivity index (χ3n) is 4.61. The second-order valence-electron chi connectivity index (χ2n) is 6.37. The van der Waals surface area contributed by atoms with Crippen molar-refractivity contribution in [2.75, 3.05) is 38.3 Å². The highest BCUT2D eigenvalue weighted by molar-refractivity contribution is 6.54. The smallest absolute Gasteiger partial charge is 0.261 e. The minimum absolute atomic E-state index is 0.00319. The maximum atomic E-state index is 14.7. The minimum atomic E-state index is -0.518. The van der Waals surface area contributed by atoms with Crippen molar-refractivity contribution >= 4 is 45.5 Å². The minimum Gasteiger partial charge on any atom is -0.392 e. The van der Waals surface area contributed by atoms with E-state index in [0.717, 1.165) is 0 Å². The van der Waals surface area contributed by atoms with Gasteiger partial charge in [0.2, 0.25) is 0 Å². The molecular weight excluding hydrogens is 387 g/mol. The van der Waals surface area contributed by atoms with Gasteiger partial charge >= 0.3 is 0 Å². The van der Waals surface area contributed by atoms with Crippen LogP contribution in [0.15, 0.2) is 29.1 Å². The Hall–Kier alpha value is -2.91. The lowest BCUT2D eigenvalue weighted by atomic mass is 10.1. The number of hydrogen-bond donors (Lipinski definition) is 4. The number of carbonyl (C=O) groups is 1. The average molecular weight is 405 g/mol. The van der Waals surface area contributed by atoms with E-state index in [1.807, 2.05) is 4.90 Å². The third-order valence-corrected chi connectivity index (χ3v) is 4.99. The van der Waals surface area contributed by atoms with E-state index >= 15 is 0 Å². The molecule has 10 heteroatoms. The average Bonchev–Trinajstić information content (AvgIpc) is 3.11. The SMILES string of the molecule is CN/C=C1/NC(=O)C(c2nc3c(F)cc(N4CCOCC4)cc3[nH]2)=C(Cl)C1=N. The number of aromatic nitrogens is 2. The van der Waals surface area contributed by atoms with Crippen LogP contribution in [0.25, 0.3) is 16.6 Å². The molecule has 0 spiro atoms. The van der Waals surface area contributed by atoms with Gasteiger partial charge in [-0.15, -0.1) is 0 Å². The molecule has 0 aliphatic carbocycles. The maximum Gasteiger partial charge on any atom is 0.261 e. The molecule has 0 bridgehead atoms. The maximum absolute atomic E-state index is 14.7. The number of H-pyrrole nitrogens is 1. The van der Waals surface area contributed by atoms with Crippen molar-refractivity contribution < 1.29 is 13.9 Å². The van der Waals surface area contributed by atoms with Gasteiger partial charge in [0.05, 0.1) is 35.2 Å². The zero-order valence-electron chi connectivity index (χ0n) is 15.0. The molecule has 4 rings (SSSR count). The number of amides is 1. The second kappa shape index (κ2) is 7.25. The van der Waals surface area contributed by atoms with Gasteiger partial charge in [0.1, 0.15) is 16.9 Å². The van der Waals surface area contributed by atoms with E-state index in [1.54, 1.807) is 13.1 Å². The summed E-state index contributed by atoms with van der Waals surface area (Å²) in [6, 6.07) is 3.21. The topological polar surface area (TPSA) is 106 Å². The van der Waals surface area contributed by atoms with Crippen molar-refractivity contribution in [1.82, 2.24) is 20.6 Å². The molecule has 146 valence electrons. The van der Waals surface area contributed by atoms with Gasteiger partial charge in [-0.1, -0.05) is 11.6 Å². The molecule has 1 amide bonds. The zero-order chi connectivity index (χ0) is 19.8. The summed E-state index contributed by atoms with van der Waals surface area (Å²) in [5.41, 5.74) is 1.47. The van der Waals surface area contributed by atoms with E-state index in [2.05, 4.69) is 20.6 Å². The summed E-state index contributed by atoms with van der Waals surface area (Å²) in [4.78, 5) is 21.7. The van der Waals surface area contributed by atoms with E-state index in [4.69, 9.17) is 21.7 Å². The Balaban J connectivity index is 1.77. The van der Waals surface area contributed by atoms with Crippen LogP contribution in [0.5, 0.6) is 0 Å². The molecule has 1 fully saturated rings. The number of allylic oxidation sites excluding steroid dienone is 1. The highest BCUT2D eigenvalue weighted by Crippen LogP contribution is 2.30. The van der Waals surface area contributed by atoms with Crippen LogP contribution >= 0.6 is 11.6 Å². The van der Waals surface area contributed by atoms with E-state index in [-0.39, 0.29) is 33.4 Å². The molecule has 1 saturated heterocycles. The Bertz CT molecular complexity index is 1040. The number of aromatic amines is 1. The number of rotatable bonds is 3. The number of nitrogens with one attached hydrogen (secondary N) is 4. The Morgan fingerprint density at radius 3 is 2.86 bits per heavy atom. The van der Waals surface area contributed by atoms with Gasteiger partial charge in [0, 0.05) is 32.0 Å². The third kappa shape index (κ3) is 3.12. The molecule has 4 N–H and O–H groups in total. The van der Waals surface area contributed by atoms with E-state index in [1.165, 1.54) is 12.3 Å². The summed E-state index contributed by atoms with van der Waals surface area (Å²) < 4.78 is 20.0. The van der Waals surface area contributed by atoms with E-state index in [9.17, 15) is 9.18 Å². The first-order valence-corrected chi connectivity index (χ1v) is 9.07. The molecule has 28 heavy (non-hydrogen) atoms. The molecule has 0 saturated carbocycles. The molecule has 1 aromatic carbocycles. The molecule has 0 atom stereocenters. The highest BCUT2D eigenvalue weighted by Gasteiger charge is 2.30. The Morgan fingerprint density at radius 1 is 1.39 bits per heavy atom. The van der Waals surface area contributed by atoms with Crippen LogP contribution in [0.1, 0.15) is 5.82 Å². The zero-order valence-corrected chi connectivity index (χ0v) is 15.8. The molecule has 2 aliphatic rings. The monoisotopic (exact) mass is 404 g/mol. The van der Waals surface area contributed by atoms with Gasteiger partial charge in [0.15, 0.2) is 5.82 Å². The lowest BCUT2D eigenvalue weighted by Crippen LogP contribution is -2.36. The number of hydrogen-bond acceptors (Lipinski definition) is 6. The molecule has 0 unspecified atom stereocenters. The predicted molar refractivity (Wildman–Crippen MR) is 105 cm³/mol. The van der Waals surface area contributed by atoms with Crippen molar-refractivity contribution in [1.29, 1.82) is 5.41 Å². The number of ether oxygens (including phenoxy) is 1. The first-order chi connectivity index (χ1) is 13.5. The molecule has 1 aromatic heterocycles. The number of halogens is 2. The van der Waals surface area contributed by atoms with Crippen molar-refractivity contribution in [3.05, 3.63) is 40.7 Å². The fraction of sp³-hybridized carbons (Fsp3) is 0.278. The van der Waals surface area contributed by atoms with Crippen molar-refractivity contribution in [2.24, 2.45) is 0 Å². The first kappa shape index (κ1) is 18.5. The summed E-state index contributed by atoms with van der Waals surface area (Å²) in [5, 5.41) is 13.4. The molecular formula is C18H18ClFN6O2. The fourth-order valence-electron chi connectivity index (χ4n) is 3.24. The van der Waals surface area contributed by atoms with Crippen LogP contribution in [0.2, 0.25) is 0 Å². The quantitative estimate of drug-likeness (QED) is 0.623. The summed E-state index contributed by atoms with van der Waals surface area (Å²) in [7, 11) is 1.65. The molecule has 0 radical (unpaired) electrons. The number of carbonyl (C=O) groups excluding carboxylic acids is 1. The van der Waals surface area contributed by atoms with Crippen LogP contribution in [0, 0.1) is 11.2 Å². The van der Waals surface area contributed by atoms with Crippen LogP contribution in [-0.2, 0) is 9.53 Å². The van der Waals surface area contributed by atoms with Crippen LogP contribution in [-0.4, -0.2) is 54.9 Å². The van der Waals surface area contributed by atoms with Gasteiger partial charge in [-0.25, -0.2) is 9.37 Å². The summed E-state index contributed by atoms with van der Waals surface area (Å²) >= 11 is 6.26. The summed E-state index contributed by atoms with van der Waals surface area (Å²) in [6.45, 7) is 2.51. The highest BCUT2D eigenvalue weighted by atomic mass is 35.5. The first-order valence-electron chi connectivity index (χ1n) is 8.69. The van der Waals surface area contributed by atoms with Gasteiger partial charge < -0.3 is 25.3 Å². The Kier molecular flexibility index (Phi) is 4.78. The van der Waals surface area contributed by atoms with Gasteiger partial charge in [-0.3, -0.25) is 10.2 Å². The van der Waals surface area contributed by atoms with Gasteiger partial charge in [-0.05, 0) is 12.1 Å². The van der Waals surface area contributed by atoms with E-state index < -0.39 is 11.7 Å². The normalized spacial score (nSPS) is 19.5. The number of fused-ring (bicyclic) bond motifs is 1. The van der Waals surface area contributed by atoms with Gasteiger partial charge in [0.25, 0.3) is 5.91 Å². The number of morpholine rings is 1. The number of imidazole rings is 1. The molecule has 8 nitrogen and oxygen atoms in total. The summed E-state index contributed by atoms with van der Waals surface area (Å²) in [5.74, 6) is -0.903. The van der Waals surface area contributed by atoms with E-state index in [0.29, 0.717) is 37.5 Å². The number of nitrogens with zero attached hydrogens (tertiary/aromatic N) is 2. The van der Waals surface area contributed by atoms with Crippen LogP contribution in [0.3, 0.4) is 0 Å².